The van der Waals surface area contributed by atoms with Gasteiger partial charge in [0.15, 0.2) is 0 Å². The Bertz CT molecular complexity index is 958. The predicted octanol–water partition coefficient (Wildman–Crippen LogP) is 3.06. The molecule has 25 heavy (non-hydrogen) atoms. The molecule has 0 N–H and O–H groups in total. The molecule has 2 aromatic carbocycles. The third kappa shape index (κ3) is 3.71. The van der Waals surface area contributed by atoms with Crippen molar-refractivity contribution in [3.8, 4) is 5.75 Å². The number of methoxy groups -OCH3 is 1. The molecule has 5 heteroatoms. The fraction of sp³-hybridized carbons (Fsp3) is 0.200. The lowest BCUT2D eigenvalue weighted by molar-refractivity contribution is -0.141. The number of ether oxygens (including phenoxy) is 2. The SMILES string of the molecule is COC(=O)Cn1c(=O)ccc2cccc(OCc3ccc(C)cc3)c21. The van der Waals surface area contributed by atoms with Crippen molar-refractivity contribution in [2.24, 2.45) is 0 Å². The summed E-state index contributed by atoms with van der Waals surface area (Å²) in [4.78, 5) is 23.9. The normalized spacial score (nSPS) is 10.6. The molecule has 128 valence electrons. The summed E-state index contributed by atoms with van der Waals surface area (Å²) in [6, 6.07) is 16.7. The zero-order valence-electron chi connectivity index (χ0n) is 14.2. The maximum Gasteiger partial charge on any atom is 0.325 e. The Hall–Kier alpha value is -3.08. The second-order valence-corrected chi connectivity index (χ2v) is 5.80. The Balaban J connectivity index is 1.99. The number of pyridine rings is 1. The molecular formula is C20H19NO4. The van der Waals surface area contributed by atoms with Gasteiger partial charge in [-0.05, 0) is 24.6 Å². The van der Waals surface area contributed by atoms with Crippen LogP contribution in [-0.4, -0.2) is 17.6 Å². The largest absolute Gasteiger partial charge is 0.487 e. The van der Waals surface area contributed by atoms with Crippen molar-refractivity contribution in [1.82, 2.24) is 4.57 Å². The van der Waals surface area contributed by atoms with E-state index in [1.165, 1.54) is 23.3 Å². The standard InChI is InChI=1S/C20H19NO4/c1-14-6-8-15(9-7-14)13-25-17-5-3-4-16-10-11-18(22)21(20(16)17)12-19(23)24-2/h3-11H,12-13H2,1-2H3. The summed E-state index contributed by atoms with van der Waals surface area (Å²) in [6.07, 6.45) is 0. The Morgan fingerprint density at radius 3 is 2.52 bits per heavy atom. The first-order chi connectivity index (χ1) is 12.1. The Morgan fingerprint density at radius 2 is 1.80 bits per heavy atom. The molecule has 0 spiro atoms. The number of fused-ring (bicyclic) bond motifs is 1. The highest BCUT2D eigenvalue weighted by atomic mass is 16.5. The van der Waals surface area contributed by atoms with Crippen molar-refractivity contribution in [2.75, 3.05) is 7.11 Å². The average molecular weight is 337 g/mol. The molecule has 0 unspecified atom stereocenters. The van der Waals surface area contributed by atoms with Gasteiger partial charge in [0, 0.05) is 11.5 Å². The molecule has 0 aliphatic heterocycles. The number of carbonyl (C=O) groups excluding carboxylic acids is 1. The predicted molar refractivity (Wildman–Crippen MR) is 95.7 cm³/mol. The van der Waals surface area contributed by atoms with E-state index in [2.05, 4.69) is 0 Å². The summed E-state index contributed by atoms with van der Waals surface area (Å²) in [7, 11) is 1.30. The van der Waals surface area contributed by atoms with Crippen molar-refractivity contribution in [3.05, 3.63) is 76.1 Å². The van der Waals surface area contributed by atoms with Crippen molar-refractivity contribution in [1.29, 1.82) is 0 Å². The Labute approximate surface area is 145 Å². The van der Waals surface area contributed by atoms with Crippen LogP contribution in [0.3, 0.4) is 0 Å². The summed E-state index contributed by atoms with van der Waals surface area (Å²) in [5, 5.41) is 0.824. The topological polar surface area (TPSA) is 57.5 Å². The van der Waals surface area contributed by atoms with Gasteiger partial charge >= 0.3 is 5.97 Å². The van der Waals surface area contributed by atoms with Crippen LogP contribution >= 0.6 is 0 Å². The molecule has 0 saturated heterocycles. The van der Waals surface area contributed by atoms with E-state index < -0.39 is 5.97 Å². The van der Waals surface area contributed by atoms with E-state index in [9.17, 15) is 9.59 Å². The molecule has 0 radical (unpaired) electrons. The van der Waals surface area contributed by atoms with E-state index in [1.54, 1.807) is 12.1 Å². The summed E-state index contributed by atoms with van der Waals surface area (Å²) in [5.74, 6) is 0.0719. The number of aromatic nitrogens is 1. The Morgan fingerprint density at radius 1 is 1.04 bits per heavy atom. The lowest BCUT2D eigenvalue weighted by Gasteiger charge is -2.14. The highest BCUT2D eigenvalue weighted by Crippen LogP contribution is 2.25. The molecule has 0 fully saturated rings. The first kappa shape index (κ1) is 16.8. The van der Waals surface area contributed by atoms with Crippen LogP contribution in [0.25, 0.3) is 10.9 Å². The number of aryl methyl sites for hydroxylation is 1. The van der Waals surface area contributed by atoms with Crippen LogP contribution in [0.15, 0.2) is 59.4 Å². The summed E-state index contributed by atoms with van der Waals surface area (Å²) < 4.78 is 12.0. The van der Waals surface area contributed by atoms with Gasteiger partial charge in [0.25, 0.3) is 5.56 Å². The van der Waals surface area contributed by atoms with Gasteiger partial charge in [0.2, 0.25) is 0 Å². The van der Waals surface area contributed by atoms with Crippen LogP contribution in [0.4, 0.5) is 0 Å². The number of nitrogens with zero attached hydrogens (tertiary/aromatic N) is 1. The van der Waals surface area contributed by atoms with Gasteiger partial charge in [-0.15, -0.1) is 0 Å². The molecule has 0 atom stereocenters. The first-order valence-corrected chi connectivity index (χ1v) is 7.96. The van der Waals surface area contributed by atoms with Gasteiger partial charge in [-0.25, -0.2) is 0 Å². The second-order valence-electron chi connectivity index (χ2n) is 5.80. The molecule has 0 aliphatic rings. The molecule has 0 aliphatic carbocycles. The Kier molecular flexibility index (Phi) is 4.84. The van der Waals surface area contributed by atoms with Crippen LogP contribution in [0.5, 0.6) is 5.75 Å². The van der Waals surface area contributed by atoms with E-state index in [0.29, 0.717) is 17.9 Å². The number of para-hydroxylation sites is 1. The fourth-order valence-electron chi connectivity index (χ4n) is 2.64. The average Bonchev–Trinajstić information content (AvgIpc) is 2.63. The van der Waals surface area contributed by atoms with Gasteiger partial charge in [-0.1, -0.05) is 42.0 Å². The zero-order valence-corrected chi connectivity index (χ0v) is 14.2. The monoisotopic (exact) mass is 337 g/mol. The number of hydrogen-bond donors (Lipinski definition) is 0. The first-order valence-electron chi connectivity index (χ1n) is 7.96. The van der Waals surface area contributed by atoms with Crippen LogP contribution in [0.1, 0.15) is 11.1 Å². The minimum atomic E-state index is -0.483. The maximum atomic E-state index is 12.2. The van der Waals surface area contributed by atoms with Crippen LogP contribution in [-0.2, 0) is 22.7 Å². The third-order valence-corrected chi connectivity index (χ3v) is 4.00. The van der Waals surface area contributed by atoms with E-state index in [-0.39, 0.29) is 12.1 Å². The van der Waals surface area contributed by atoms with E-state index >= 15 is 0 Å². The van der Waals surface area contributed by atoms with E-state index in [1.807, 2.05) is 43.3 Å². The molecule has 1 heterocycles. The van der Waals surface area contributed by atoms with Gasteiger partial charge in [-0.2, -0.15) is 0 Å². The van der Waals surface area contributed by atoms with Gasteiger partial charge in [0.1, 0.15) is 18.9 Å². The van der Waals surface area contributed by atoms with Crippen molar-refractivity contribution >= 4 is 16.9 Å². The second kappa shape index (κ2) is 7.21. The molecule has 5 nitrogen and oxygen atoms in total. The van der Waals surface area contributed by atoms with Crippen molar-refractivity contribution in [3.63, 3.8) is 0 Å². The van der Waals surface area contributed by atoms with Crippen LogP contribution in [0, 0.1) is 6.92 Å². The summed E-state index contributed by atoms with van der Waals surface area (Å²) in [5.41, 5.74) is 2.53. The molecule has 0 amide bonds. The molecule has 1 aromatic heterocycles. The van der Waals surface area contributed by atoms with Crippen LogP contribution in [0.2, 0.25) is 0 Å². The number of benzene rings is 2. The number of esters is 1. The molecule has 3 rings (SSSR count). The minimum absolute atomic E-state index is 0.155. The molecule has 0 bridgehead atoms. The van der Waals surface area contributed by atoms with Gasteiger partial charge in [-0.3, -0.25) is 14.2 Å². The summed E-state index contributed by atoms with van der Waals surface area (Å²) in [6.45, 7) is 2.25. The minimum Gasteiger partial charge on any atom is -0.487 e. The third-order valence-electron chi connectivity index (χ3n) is 4.00. The van der Waals surface area contributed by atoms with Crippen LogP contribution < -0.4 is 10.3 Å². The van der Waals surface area contributed by atoms with E-state index in [0.717, 1.165) is 10.9 Å². The molecule has 3 aromatic rings. The molecule has 0 saturated carbocycles. The van der Waals surface area contributed by atoms with E-state index in [4.69, 9.17) is 9.47 Å². The number of carbonyl (C=O) groups is 1. The quantitative estimate of drug-likeness (QED) is 0.672. The fourth-order valence-corrected chi connectivity index (χ4v) is 2.64. The zero-order chi connectivity index (χ0) is 17.8. The molecular weight excluding hydrogens is 318 g/mol. The number of hydrogen-bond acceptors (Lipinski definition) is 4. The lowest BCUT2D eigenvalue weighted by atomic mass is 10.1. The van der Waals surface area contributed by atoms with Gasteiger partial charge < -0.3 is 9.47 Å². The van der Waals surface area contributed by atoms with Crippen molar-refractivity contribution < 1.29 is 14.3 Å². The van der Waals surface area contributed by atoms with Gasteiger partial charge in [0.05, 0.1) is 12.6 Å². The highest BCUT2D eigenvalue weighted by Gasteiger charge is 2.12. The highest BCUT2D eigenvalue weighted by molar-refractivity contribution is 5.86. The van der Waals surface area contributed by atoms with Crippen molar-refractivity contribution in [2.45, 2.75) is 20.1 Å². The number of rotatable bonds is 5. The lowest BCUT2D eigenvalue weighted by Crippen LogP contribution is -2.24. The summed E-state index contributed by atoms with van der Waals surface area (Å²) >= 11 is 0. The maximum absolute atomic E-state index is 12.2. The smallest absolute Gasteiger partial charge is 0.325 e.